The molecule has 0 unspecified atom stereocenters. The molecule has 13 heteroatoms. The summed E-state index contributed by atoms with van der Waals surface area (Å²) in [6.07, 6.45) is -3.58. The van der Waals surface area contributed by atoms with E-state index in [0.717, 1.165) is 12.5 Å². The number of halogens is 6. The number of aliphatic hydroxyl groups is 1. The maximum Gasteiger partial charge on any atom is 0.459 e. The lowest BCUT2D eigenvalue weighted by Gasteiger charge is -2.21. The Morgan fingerprint density at radius 1 is 1.00 bits per heavy atom. The minimum Gasteiger partial charge on any atom is -0.422 e. The Morgan fingerprint density at radius 2 is 1.79 bits per heavy atom. The fourth-order valence-corrected chi connectivity index (χ4v) is 3.50. The summed E-state index contributed by atoms with van der Waals surface area (Å²) in [6.45, 7) is -0.616. The van der Waals surface area contributed by atoms with E-state index in [9.17, 15) is 31.4 Å². The van der Waals surface area contributed by atoms with Gasteiger partial charge in [0.2, 0.25) is 6.39 Å². The van der Waals surface area contributed by atoms with Gasteiger partial charge in [-0.15, -0.1) is 10.2 Å². The molecule has 0 aliphatic rings. The standard InChI is InChI=1S/C21H11F6N5O2/c22-14-5-10(1-2-11(14)8-33)13-6-16(20(23,24)21(25,26)27)30-18-12(13)3-4-17-29-15(7-32(17)18)19-31-28-9-34-19/h1-7,9,33H,8H2. The maximum atomic E-state index is 14.4. The van der Waals surface area contributed by atoms with E-state index in [2.05, 4.69) is 20.2 Å². The highest BCUT2D eigenvalue weighted by Crippen LogP contribution is 2.45. The van der Waals surface area contributed by atoms with Crippen LogP contribution in [0.25, 0.3) is 39.4 Å². The van der Waals surface area contributed by atoms with Crippen molar-refractivity contribution in [1.29, 1.82) is 0 Å². The van der Waals surface area contributed by atoms with Crippen LogP contribution in [0.15, 0.2) is 53.4 Å². The molecular weight excluding hydrogens is 468 g/mol. The summed E-state index contributed by atoms with van der Waals surface area (Å²) in [4.78, 5) is 7.85. The molecule has 4 heterocycles. The van der Waals surface area contributed by atoms with E-state index in [1.165, 1.54) is 34.9 Å². The third-order valence-corrected chi connectivity index (χ3v) is 5.19. The lowest BCUT2D eigenvalue weighted by molar-refractivity contribution is -0.290. The molecule has 0 spiro atoms. The second-order valence-corrected chi connectivity index (χ2v) is 7.26. The summed E-state index contributed by atoms with van der Waals surface area (Å²) in [5.74, 6) is -6.15. The van der Waals surface area contributed by atoms with Crippen LogP contribution in [-0.4, -0.2) is 35.8 Å². The summed E-state index contributed by atoms with van der Waals surface area (Å²) >= 11 is 0. The van der Waals surface area contributed by atoms with Gasteiger partial charge in [0.15, 0.2) is 0 Å². The molecule has 0 aliphatic heterocycles. The second-order valence-electron chi connectivity index (χ2n) is 7.26. The fourth-order valence-electron chi connectivity index (χ4n) is 3.50. The minimum atomic E-state index is -5.92. The normalized spacial score (nSPS) is 12.7. The number of hydrogen-bond donors (Lipinski definition) is 1. The molecule has 4 aromatic heterocycles. The van der Waals surface area contributed by atoms with Crippen LogP contribution in [0.4, 0.5) is 26.3 Å². The van der Waals surface area contributed by atoms with E-state index in [1.54, 1.807) is 0 Å². The summed E-state index contributed by atoms with van der Waals surface area (Å²) < 4.78 is 88.9. The lowest BCUT2D eigenvalue weighted by atomic mass is 9.98. The number of hydrogen-bond acceptors (Lipinski definition) is 6. The quantitative estimate of drug-likeness (QED) is 0.370. The van der Waals surface area contributed by atoms with Crippen LogP contribution >= 0.6 is 0 Å². The molecule has 0 atom stereocenters. The van der Waals surface area contributed by atoms with Gasteiger partial charge < -0.3 is 9.52 Å². The zero-order valence-electron chi connectivity index (χ0n) is 16.7. The summed E-state index contributed by atoms with van der Waals surface area (Å²) in [6, 6.07) is 6.93. The number of fused-ring (bicyclic) bond motifs is 3. The van der Waals surface area contributed by atoms with E-state index in [1.807, 2.05) is 0 Å². The predicted molar refractivity (Wildman–Crippen MR) is 105 cm³/mol. The van der Waals surface area contributed by atoms with Crippen molar-refractivity contribution in [1.82, 2.24) is 24.6 Å². The summed E-state index contributed by atoms with van der Waals surface area (Å²) in [7, 11) is 0. The van der Waals surface area contributed by atoms with Gasteiger partial charge in [-0.1, -0.05) is 12.1 Å². The zero-order chi connectivity index (χ0) is 24.3. The lowest BCUT2D eigenvalue weighted by Crippen LogP contribution is -2.34. The Bertz CT molecular complexity index is 1530. The molecule has 0 aliphatic carbocycles. The number of rotatable bonds is 4. The molecular formula is C21H11F6N5O2. The molecule has 5 aromatic rings. The number of alkyl halides is 5. The van der Waals surface area contributed by atoms with Gasteiger partial charge >= 0.3 is 12.1 Å². The average Bonchev–Trinajstić information content (AvgIpc) is 3.47. The molecule has 0 radical (unpaired) electrons. The van der Waals surface area contributed by atoms with E-state index in [4.69, 9.17) is 4.42 Å². The third-order valence-electron chi connectivity index (χ3n) is 5.19. The number of benzene rings is 1. The minimum absolute atomic E-state index is 0.00415. The van der Waals surface area contributed by atoms with Crippen molar-refractivity contribution in [3.8, 4) is 22.7 Å². The molecule has 5 rings (SSSR count). The van der Waals surface area contributed by atoms with Crippen LogP contribution in [0.2, 0.25) is 0 Å². The summed E-state index contributed by atoms with van der Waals surface area (Å²) in [5.41, 5.74) is -1.73. The highest BCUT2D eigenvalue weighted by molar-refractivity contribution is 5.94. The van der Waals surface area contributed by atoms with Crippen molar-refractivity contribution in [2.24, 2.45) is 0 Å². The maximum absolute atomic E-state index is 14.4. The number of pyridine rings is 2. The van der Waals surface area contributed by atoms with Crippen molar-refractivity contribution < 1.29 is 35.9 Å². The highest BCUT2D eigenvalue weighted by atomic mass is 19.4. The number of aliphatic hydroxyl groups excluding tert-OH is 1. The van der Waals surface area contributed by atoms with Crippen LogP contribution in [0.5, 0.6) is 0 Å². The molecule has 0 fully saturated rings. The van der Waals surface area contributed by atoms with E-state index >= 15 is 0 Å². The Hall–Kier alpha value is -4.00. The van der Waals surface area contributed by atoms with E-state index < -0.39 is 30.2 Å². The molecule has 7 nitrogen and oxygen atoms in total. The zero-order valence-corrected chi connectivity index (χ0v) is 16.7. The molecule has 0 amide bonds. The molecule has 0 saturated heterocycles. The van der Waals surface area contributed by atoms with Gasteiger partial charge in [0, 0.05) is 17.1 Å². The molecule has 1 N–H and O–H groups in total. The molecule has 174 valence electrons. The van der Waals surface area contributed by atoms with Crippen molar-refractivity contribution in [2.45, 2.75) is 18.7 Å². The van der Waals surface area contributed by atoms with Gasteiger partial charge in [-0.05, 0) is 35.4 Å². The second kappa shape index (κ2) is 7.52. The van der Waals surface area contributed by atoms with Gasteiger partial charge in [-0.3, -0.25) is 4.40 Å². The Morgan fingerprint density at radius 3 is 2.44 bits per heavy atom. The average molecular weight is 479 g/mol. The van der Waals surface area contributed by atoms with E-state index in [-0.39, 0.29) is 45.0 Å². The largest absolute Gasteiger partial charge is 0.459 e. The Balaban J connectivity index is 1.84. The van der Waals surface area contributed by atoms with Crippen LogP contribution in [0.1, 0.15) is 11.3 Å². The van der Waals surface area contributed by atoms with Crippen molar-refractivity contribution in [2.75, 3.05) is 0 Å². The SMILES string of the molecule is OCc1ccc(-c2cc(C(F)(F)C(F)(F)F)nc3c2ccc2nc(-c4nnco4)cn23)cc1F. The monoisotopic (exact) mass is 479 g/mol. The molecule has 34 heavy (non-hydrogen) atoms. The molecule has 0 saturated carbocycles. The fraction of sp³-hybridized carbons (Fsp3) is 0.143. The van der Waals surface area contributed by atoms with Crippen molar-refractivity contribution >= 4 is 16.7 Å². The van der Waals surface area contributed by atoms with Crippen LogP contribution in [0.3, 0.4) is 0 Å². The Kier molecular flexibility index (Phi) is 4.82. The first kappa shape index (κ1) is 21.8. The van der Waals surface area contributed by atoms with Crippen molar-refractivity contribution in [3.63, 3.8) is 0 Å². The highest BCUT2D eigenvalue weighted by Gasteiger charge is 2.60. The first-order chi connectivity index (χ1) is 16.1. The molecule has 0 bridgehead atoms. The van der Waals surface area contributed by atoms with Gasteiger partial charge in [0.1, 0.15) is 28.5 Å². The van der Waals surface area contributed by atoms with Crippen molar-refractivity contribution in [3.05, 3.63) is 66.1 Å². The number of aromatic nitrogens is 5. The van der Waals surface area contributed by atoms with Crippen LogP contribution < -0.4 is 0 Å². The van der Waals surface area contributed by atoms with Gasteiger partial charge in [0.05, 0.1) is 6.61 Å². The third kappa shape index (κ3) is 3.36. The van der Waals surface area contributed by atoms with Gasteiger partial charge in [-0.25, -0.2) is 14.4 Å². The predicted octanol–water partition coefficient (Wildman–Crippen LogP) is 4.89. The first-order valence-corrected chi connectivity index (χ1v) is 9.54. The van der Waals surface area contributed by atoms with Gasteiger partial charge in [0.25, 0.3) is 5.89 Å². The van der Waals surface area contributed by atoms with Crippen LogP contribution in [0, 0.1) is 5.82 Å². The van der Waals surface area contributed by atoms with Gasteiger partial charge in [-0.2, -0.15) is 22.0 Å². The topological polar surface area (TPSA) is 89.3 Å². The Labute approximate surface area is 185 Å². The number of nitrogens with zero attached hydrogens (tertiary/aromatic N) is 5. The van der Waals surface area contributed by atoms with E-state index in [0.29, 0.717) is 6.07 Å². The molecule has 1 aromatic carbocycles. The number of imidazole rings is 1. The smallest absolute Gasteiger partial charge is 0.422 e. The first-order valence-electron chi connectivity index (χ1n) is 9.54. The summed E-state index contributed by atoms with van der Waals surface area (Å²) in [5, 5.41) is 16.6. The van der Waals surface area contributed by atoms with Crippen LogP contribution in [-0.2, 0) is 12.5 Å².